The number of rotatable bonds is 4. The molecule has 1 aliphatic carbocycles. The van der Waals surface area contributed by atoms with E-state index in [-0.39, 0.29) is 6.04 Å². The summed E-state index contributed by atoms with van der Waals surface area (Å²) >= 11 is 0. The number of benzene rings is 1. The van der Waals surface area contributed by atoms with Gasteiger partial charge in [-0.2, -0.15) is 0 Å². The molecule has 1 aromatic heterocycles. The van der Waals surface area contributed by atoms with E-state index < -0.39 is 0 Å². The molecule has 0 amide bonds. The molecular weight excluding hydrogens is 212 g/mol. The van der Waals surface area contributed by atoms with Gasteiger partial charge in [0, 0.05) is 12.5 Å². The van der Waals surface area contributed by atoms with Gasteiger partial charge in [-0.1, -0.05) is 19.1 Å². The Morgan fingerprint density at radius 1 is 1.41 bits per heavy atom. The van der Waals surface area contributed by atoms with Crippen LogP contribution >= 0.6 is 0 Å². The van der Waals surface area contributed by atoms with E-state index in [1.807, 2.05) is 24.3 Å². The molecule has 0 saturated heterocycles. The van der Waals surface area contributed by atoms with Crippen LogP contribution in [0.5, 0.6) is 0 Å². The van der Waals surface area contributed by atoms with E-state index in [0.717, 1.165) is 29.3 Å². The molecule has 2 unspecified atom stereocenters. The van der Waals surface area contributed by atoms with Gasteiger partial charge in [-0.3, -0.25) is 0 Å². The highest BCUT2D eigenvalue weighted by atomic mass is 16.3. The van der Waals surface area contributed by atoms with Crippen LogP contribution in [0.2, 0.25) is 0 Å². The highest BCUT2D eigenvalue weighted by Crippen LogP contribution is 2.38. The molecule has 3 rings (SSSR count). The summed E-state index contributed by atoms with van der Waals surface area (Å²) in [6.07, 6.45) is 3.41. The lowest BCUT2D eigenvalue weighted by atomic mass is 9.95. The Morgan fingerprint density at radius 3 is 2.88 bits per heavy atom. The third-order valence-corrected chi connectivity index (χ3v) is 3.79. The van der Waals surface area contributed by atoms with Gasteiger partial charge in [0.15, 0.2) is 11.5 Å². The van der Waals surface area contributed by atoms with Crippen molar-refractivity contribution >= 4 is 11.1 Å². The molecule has 2 atom stereocenters. The second-order valence-corrected chi connectivity index (χ2v) is 5.14. The predicted octanol–water partition coefficient (Wildman–Crippen LogP) is 2.74. The van der Waals surface area contributed by atoms with Crippen molar-refractivity contribution in [2.75, 3.05) is 0 Å². The summed E-state index contributed by atoms with van der Waals surface area (Å²) < 4.78 is 5.70. The maximum absolute atomic E-state index is 6.21. The first-order valence-electron chi connectivity index (χ1n) is 6.34. The molecule has 0 aliphatic heterocycles. The Morgan fingerprint density at radius 2 is 2.18 bits per heavy atom. The van der Waals surface area contributed by atoms with Gasteiger partial charge in [0.25, 0.3) is 0 Å². The average molecular weight is 230 g/mol. The summed E-state index contributed by atoms with van der Waals surface area (Å²) in [5.74, 6) is 2.17. The van der Waals surface area contributed by atoms with Crippen molar-refractivity contribution in [2.24, 2.45) is 17.6 Å². The molecule has 2 N–H and O–H groups in total. The van der Waals surface area contributed by atoms with Crippen molar-refractivity contribution < 1.29 is 4.42 Å². The molecule has 0 radical (unpaired) electrons. The zero-order valence-corrected chi connectivity index (χ0v) is 10.1. The largest absolute Gasteiger partial charge is 0.441 e. The van der Waals surface area contributed by atoms with Gasteiger partial charge >= 0.3 is 0 Å². The van der Waals surface area contributed by atoms with Crippen molar-refractivity contribution in [2.45, 2.75) is 32.2 Å². The van der Waals surface area contributed by atoms with Crippen LogP contribution in [-0.2, 0) is 6.42 Å². The van der Waals surface area contributed by atoms with Crippen LogP contribution in [0.15, 0.2) is 28.7 Å². The lowest BCUT2D eigenvalue weighted by Gasteiger charge is -2.17. The average Bonchev–Trinajstić information content (AvgIpc) is 3.08. The van der Waals surface area contributed by atoms with Crippen LogP contribution in [0.4, 0.5) is 0 Å². The van der Waals surface area contributed by atoms with Crippen LogP contribution in [0.3, 0.4) is 0 Å². The number of nitrogens with zero attached hydrogens (tertiary/aromatic N) is 1. The molecule has 1 heterocycles. The van der Waals surface area contributed by atoms with Gasteiger partial charge in [0.1, 0.15) is 5.52 Å². The van der Waals surface area contributed by atoms with E-state index in [1.165, 1.54) is 12.8 Å². The van der Waals surface area contributed by atoms with E-state index in [2.05, 4.69) is 11.9 Å². The Kier molecular flexibility index (Phi) is 2.63. The van der Waals surface area contributed by atoms with Crippen molar-refractivity contribution in [1.29, 1.82) is 0 Å². The van der Waals surface area contributed by atoms with Crippen LogP contribution < -0.4 is 5.73 Å². The van der Waals surface area contributed by atoms with Crippen LogP contribution in [0, 0.1) is 11.8 Å². The topological polar surface area (TPSA) is 52.0 Å². The van der Waals surface area contributed by atoms with E-state index in [9.17, 15) is 0 Å². The van der Waals surface area contributed by atoms with Crippen molar-refractivity contribution in [3.05, 3.63) is 30.2 Å². The summed E-state index contributed by atoms with van der Waals surface area (Å²) in [5.41, 5.74) is 7.99. The van der Waals surface area contributed by atoms with Crippen molar-refractivity contribution in [3.63, 3.8) is 0 Å². The fourth-order valence-electron chi connectivity index (χ4n) is 2.37. The summed E-state index contributed by atoms with van der Waals surface area (Å²) in [6.45, 7) is 2.24. The molecule has 0 bridgehead atoms. The van der Waals surface area contributed by atoms with Gasteiger partial charge in [-0.25, -0.2) is 4.98 Å². The maximum Gasteiger partial charge on any atom is 0.197 e. The van der Waals surface area contributed by atoms with Crippen LogP contribution in [0.25, 0.3) is 11.1 Å². The van der Waals surface area contributed by atoms with E-state index in [4.69, 9.17) is 10.2 Å². The smallest absolute Gasteiger partial charge is 0.197 e. The van der Waals surface area contributed by atoms with E-state index >= 15 is 0 Å². The lowest BCUT2D eigenvalue weighted by Crippen LogP contribution is -2.31. The second kappa shape index (κ2) is 4.15. The minimum Gasteiger partial charge on any atom is -0.441 e. The zero-order valence-electron chi connectivity index (χ0n) is 10.1. The van der Waals surface area contributed by atoms with Crippen LogP contribution in [0.1, 0.15) is 25.7 Å². The third kappa shape index (κ3) is 2.20. The van der Waals surface area contributed by atoms with Crippen molar-refractivity contribution in [1.82, 2.24) is 4.98 Å². The Bertz CT molecular complexity index is 483. The standard InChI is InChI=1S/C14H18N2O/c1-9(10-6-7-10)11(15)8-14-16-12-4-2-3-5-13(12)17-14/h2-5,9-11H,6-8,15H2,1H3. The molecule has 3 nitrogen and oxygen atoms in total. The molecule has 1 fully saturated rings. The normalized spacial score (nSPS) is 19.4. The Balaban J connectivity index is 1.75. The molecule has 1 saturated carbocycles. The molecule has 2 aromatic rings. The van der Waals surface area contributed by atoms with Gasteiger partial charge in [0.2, 0.25) is 0 Å². The number of fused-ring (bicyclic) bond motifs is 1. The molecule has 0 spiro atoms. The monoisotopic (exact) mass is 230 g/mol. The zero-order chi connectivity index (χ0) is 11.8. The summed E-state index contributed by atoms with van der Waals surface area (Å²) in [7, 11) is 0. The lowest BCUT2D eigenvalue weighted by molar-refractivity contribution is 0.377. The second-order valence-electron chi connectivity index (χ2n) is 5.14. The minimum absolute atomic E-state index is 0.163. The number of hydrogen-bond donors (Lipinski definition) is 1. The Labute approximate surface area is 101 Å². The number of para-hydroxylation sites is 2. The van der Waals surface area contributed by atoms with Crippen LogP contribution in [-0.4, -0.2) is 11.0 Å². The molecule has 1 aliphatic rings. The van der Waals surface area contributed by atoms with Crippen molar-refractivity contribution in [3.8, 4) is 0 Å². The SMILES string of the molecule is CC(C(N)Cc1nc2ccccc2o1)C1CC1. The predicted molar refractivity (Wildman–Crippen MR) is 67.6 cm³/mol. The molecule has 3 heteroatoms. The number of nitrogens with two attached hydrogens (primary N) is 1. The van der Waals surface area contributed by atoms with E-state index in [1.54, 1.807) is 0 Å². The third-order valence-electron chi connectivity index (χ3n) is 3.79. The van der Waals surface area contributed by atoms with Gasteiger partial charge in [-0.15, -0.1) is 0 Å². The summed E-state index contributed by atoms with van der Waals surface area (Å²) in [4.78, 5) is 4.47. The van der Waals surface area contributed by atoms with Gasteiger partial charge in [-0.05, 0) is 36.8 Å². The first-order valence-corrected chi connectivity index (χ1v) is 6.34. The number of aromatic nitrogens is 1. The molecule has 17 heavy (non-hydrogen) atoms. The minimum atomic E-state index is 0.163. The first kappa shape index (κ1) is 10.8. The number of hydrogen-bond acceptors (Lipinski definition) is 3. The number of oxazole rings is 1. The van der Waals surface area contributed by atoms with Gasteiger partial charge < -0.3 is 10.2 Å². The fourth-order valence-corrected chi connectivity index (χ4v) is 2.37. The molecule has 1 aromatic carbocycles. The highest BCUT2D eigenvalue weighted by molar-refractivity contribution is 5.72. The molecule has 90 valence electrons. The van der Waals surface area contributed by atoms with Gasteiger partial charge in [0.05, 0.1) is 0 Å². The quantitative estimate of drug-likeness (QED) is 0.878. The maximum atomic E-state index is 6.21. The fraction of sp³-hybridized carbons (Fsp3) is 0.500. The summed E-state index contributed by atoms with van der Waals surface area (Å²) in [5, 5.41) is 0. The highest BCUT2D eigenvalue weighted by Gasteiger charge is 2.32. The molecular formula is C14H18N2O. The first-order chi connectivity index (χ1) is 8.24. The van der Waals surface area contributed by atoms with E-state index in [0.29, 0.717) is 5.92 Å². The Hall–Kier alpha value is -1.35. The summed E-state index contributed by atoms with van der Waals surface area (Å²) in [6, 6.07) is 8.02.